The van der Waals surface area contributed by atoms with Gasteiger partial charge in [0, 0.05) is 17.8 Å². The lowest BCUT2D eigenvalue weighted by atomic mass is 9.92. The molecule has 0 bridgehead atoms. The smallest absolute Gasteiger partial charge is 0.0964 e. The highest BCUT2D eigenvalue weighted by Gasteiger charge is 2.13. The van der Waals surface area contributed by atoms with Crippen molar-refractivity contribution < 1.29 is 0 Å². The minimum absolute atomic E-state index is 0.997. The molecule has 2 heteroatoms. The average Bonchev–Trinajstić information content (AvgIpc) is 2.54. The van der Waals surface area contributed by atoms with Crippen LogP contribution in [0.5, 0.6) is 0 Å². The largest absolute Gasteiger partial charge is 0.254 e. The molecule has 0 atom stereocenters. The van der Waals surface area contributed by atoms with Gasteiger partial charge in [0.25, 0.3) is 0 Å². The van der Waals surface area contributed by atoms with Gasteiger partial charge in [0.2, 0.25) is 0 Å². The fourth-order valence-corrected chi connectivity index (χ4v) is 3.07. The highest BCUT2D eigenvalue weighted by atomic mass is 14.8. The first-order valence-electron chi connectivity index (χ1n) is 7.24. The summed E-state index contributed by atoms with van der Waals surface area (Å²) in [5.41, 5.74) is 4.87. The Bertz CT molecular complexity index is 772. The summed E-state index contributed by atoms with van der Waals surface area (Å²) in [7, 11) is 0. The van der Waals surface area contributed by atoms with Crippen molar-refractivity contribution in [3.8, 4) is 11.4 Å². The van der Waals surface area contributed by atoms with Gasteiger partial charge in [-0.3, -0.25) is 9.97 Å². The molecular formula is C18H16N2. The fourth-order valence-electron chi connectivity index (χ4n) is 3.07. The van der Waals surface area contributed by atoms with Crippen LogP contribution in [-0.4, -0.2) is 9.97 Å². The number of aryl methyl sites for hydroxylation is 2. The number of benzene rings is 1. The van der Waals surface area contributed by atoms with Crippen molar-refractivity contribution in [3.63, 3.8) is 0 Å². The molecule has 0 unspecified atom stereocenters. The first-order chi connectivity index (χ1) is 9.92. The minimum Gasteiger partial charge on any atom is -0.254 e. The predicted molar refractivity (Wildman–Crippen MR) is 81.6 cm³/mol. The van der Waals surface area contributed by atoms with Crippen LogP contribution in [0.15, 0.2) is 48.8 Å². The molecule has 0 fully saturated rings. The number of hydrogen-bond acceptors (Lipinski definition) is 2. The number of nitrogens with zero attached hydrogens (tertiary/aromatic N) is 2. The third kappa shape index (κ3) is 1.88. The van der Waals surface area contributed by atoms with Crippen LogP contribution in [0.3, 0.4) is 0 Å². The maximum Gasteiger partial charge on any atom is 0.0964 e. The summed E-state index contributed by atoms with van der Waals surface area (Å²) < 4.78 is 0. The number of aromatic nitrogens is 2. The van der Waals surface area contributed by atoms with E-state index in [9.17, 15) is 0 Å². The van der Waals surface area contributed by atoms with Crippen LogP contribution in [0.4, 0.5) is 0 Å². The van der Waals surface area contributed by atoms with E-state index in [0.717, 1.165) is 11.4 Å². The number of hydrogen-bond donors (Lipinski definition) is 0. The van der Waals surface area contributed by atoms with Gasteiger partial charge in [0.05, 0.1) is 11.4 Å². The first-order valence-corrected chi connectivity index (χ1v) is 7.24. The molecule has 1 aliphatic rings. The summed E-state index contributed by atoms with van der Waals surface area (Å²) in [5.74, 6) is 0. The highest BCUT2D eigenvalue weighted by molar-refractivity contribution is 5.93. The minimum atomic E-state index is 0.997. The second-order valence-corrected chi connectivity index (χ2v) is 5.43. The van der Waals surface area contributed by atoms with Crippen LogP contribution in [-0.2, 0) is 12.8 Å². The van der Waals surface area contributed by atoms with E-state index in [2.05, 4.69) is 46.4 Å². The van der Waals surface area contributed by atoms with Crippen LogP contribution >= 0.6 is 0 Å². The summed E-state index contributed by atoms with van der Waals surface area (Å²) in [5, 5.41) is 2.40. The quantitative estimate of drug-likeness (QED) is 0.656. The van der Waals surface area contributed by atoms with Gasteiger partial charge in [0.1, 0.15) is 0 Å². The van der Waals surface area contributed by atoms with Gasteiger partial charge in [0.15, 0.2) is 0 Å². The lowest BCUT2D eigenvalue weighted by Crippen LogP contribution is -2.04. The van der Waals surface area contributed by atoms with Crippen LogP contribution in [0, 0.1) is 0 Å². The Kier molecular flexibility index (Phi) is 2.73. The molecular weight excluding hydrogens is 244 g/mol. The topological polar surface area (TPSA) is 25.8 Å². The van der Waals surface area contributed by atoms with Gasteiger partial charge in [-0.15, -0.1) is 0 Å². The van der Waals surface area contributed by atoms with E-state index in [4.69, 9.17) is 0 Å². The molecule has 0 N–H and O–H groups in total. The molecule has 0 aliphatic heterocycles. The number of pyridine rings is 2. The van der Waals surface area contributed by atoms with Gasteiger partial charge < -0.3 is 0 Å². The second kappa shape index (κ2) is 4.71. The van der Waals surface area contributed by atoms with Crippen molar-refractivity contribution in [1.29, 1.82) is 0 Å². The zero-order valence-corrected chi connectivity index (χ0v) is 11.3. The number of fused-ring (bicyclic) bond motifs is 2. The summed E-state index contributed by atoms with van der Waals surface area (Å²) in [6, 6.07) is 12.7. The van der Waals surface area contributed by atoms with E-state index in [0.29, 0.717) is 0 Å². The Labute approximate surface area is 118 Å². The zero-order valence-electron chi connectivity index (χ0n) is 11.3. The Hall–Kier alpha value is -2.22. The molecule has 3 aromatic rings. The molecule has 1 aliphatic carbocycles. The van der Waals surface area contributed by atoms with Crippen LogP contribution in [0.2, 0.25) is 0 Å². The fraction of sp³-hybridized carbons (Fsp3) is 0.222. The first kappa shape index (κ1) is 11.6. The highest BCUT2D eigenvalue weighted by Crippen LogP contribution is 2.28. The van der Waals surface area contributed by atoms with Crippen molar-refractivity contribution in [2.75, 3.05) is 0 Å². The van der Waals surface area contributed by atoms with E-state index >= 15 is 0 Å². The molecule has 4 rings (SSSR count). The molecule has 0 saturated carbocycles. The van der Waals surface area contributed by atoms with Crippen LogP contribution < -0.4 is 0 Å². The normalized spacial score (nSPS) is 14.2. The molecule has 1 aromatic carbocycles. The van der Waals surface area contributed by atoms with Crippen LogP contribution in [0.1, 0.15) is 24.0 Å². The lowest BCUT2D eigenvalue weighted by Gasteiger charge is -2.16. The van der Waals surface area contributed by atoms with E-state index in [1.54, 1.807) is 0 Å². The van der Waals surface area contributed by atoms with Gasteiger partial charge in [-0.05, 0) is 54.3 Å². The van der Waals surface area contributed by atoms with Crippen LogP contribution in [0.25, 0.3) is 22.2 Å². The molecule has 2 heterocycles. The van der Waals surface area contributed by atoms with Crippen molar-refractivity contribution in [1.82, 2.24) is 9.97 Å². The monoisotopic (exact) mass is 260 g/mol. The van der Waals surface area contributed by atoms with Crippen molar-refractivity contribution in [2.24, 2.45) is 0 Å². The standard InChI is InChI=1S/C18H16N2/c1-2-7-15-12-20-17(11-14(15)6-1)18-16-8-4-3-5-13(16)9-10-19-18/h3-5,8-12H,1-2,6-7H2. The summed E-state index contributed by atoms with van der Waals surface area (Å²) >= 11 is 0. The Morgan fingerprint density at radius 2 is 1.70 bits per heavy atom. The molecule has 2 aromatic heterocycles. The molecule has 0 saturated heterocycles. The Morgan fingerprint density at radius 1 is 0.850 bits per heavy atom. The predicted octanol–water partition coefficient (Wildman–Crippen LogP) is 4.18. The average molecular weight is 260 g/mol. The lowest BCUT2D eigenvalue weighted by molar-refractivity contribution is 0.682. The molecule has 20 heavy (non-hydrogen) atoms. The zero-order chi connectivity index (χ0) is 13.4. The molecule has 0 amide bonds. The molecule has 0 radical (unpaired) electrons. The van der Waals surface area contributed by atoms with Crippen molar-refractivity contribution in [2.45, 2.75) is 25.7 Å². The SMILES string of the molecule is c1ccc2c(-c3cc4c(cn3)CCCC4)nccc2c1. The third-order valence-electron chi connectivity index (χ3n) is 4.14. The summed E-state index contributed by atoms with van der Waals surface area (Å²) in [6.45, 7) is 0. The Morgan fingerprint density at radius 3 is 2.65 bits per heavy atom. The molecule has 98 valence electrons. The van der Waals surface area contributed by atoms with Gasteiger partial charge in [-0.2, -0.15) is 0 Å². The van der Waals surface area contributed by atoms with Crippen molar-refractivity contribution in [3.05, 3.63) is 59.9 Å². The van der Waals surface area contributed by atoms with Crippen molar-refractivity contribution >= 4 is 10.8 Å². The van der Waals surface area contributed by atoms with Gasteiger partial charge in [-0.25, -0.2) is 0 Å². The number of rotatable bonds is 1. The maximum atomic E-state index is 4.65. The van der Waals surface area contributed by atoms with E-state index < -0.39 is 0 Å². The van der Waals surface area contributed by atoms with Gasteiger partial charge >= 0.3 is 0 Å². The Balaban J connectivity index is 1.91. The summed E-state index contributed by atoms with van der Waals surface area (Å²) in [6.07, 6.45) is 8.85. The van der Waals surface area contributed by atoms with Gasteiger partial charge in [-0.1, -0.05) is 24.3 Å². The molecule has 0 spiro atoms. The van der Waals surface area contributed by atoms with E-state index in [1.807, 2.05) is 12.4 Å². The second-order valence-electron chi connectivity index (χ2n) is 5.43. The third-order valence-corrected chi connectivity index (χ3v) is 4.14. The molecule has 2 nitrogen and oxygen atoms in total. The van der Waals surface area contributed by atoms with E-state index in [-0.39, 0.29) is 0 Å². The summed E-state index contributed by atoms with van der Waals surface area (Å²) in [4.78, 5) is 9.21. The maximum absolute atomic E-state index is 4.65. The van der Waals surface area contributed by atoms with E-state index in [1.165, 1.54) is 47.6 Å².